The van der Waals surface area contributed by atoms with Crippen molar-refractivity contribution >= 4 is 17.0 Å². The Morgan fingerprint density at radius 3 is 2.67 bits per heavy atom. The number of fused-ring (bicyclic) bond motifs is 1. The molecule has 0 spiro atoms. The highest BCUT2D eigenvalue weighted by Gasteiger charge is 2.45. The molecule has 2 unspecified atom stereocenters. The van der Waals surface area contributed by atoms with Crippen LogP contribution in [-0.4, -0.2) is 86.7 Å². The van der Waals surface area contributed by atoms with E-state index < -0.39 is 43.9 Å². The Morgan fingerprint density at radius 1 is 1.17 bits per heavy atom. The lowest BCUT2D eigenvalue weighted by Gasteiger charge is -2.23. The number of alkyl halides is 3. The van der Waals surface area contributed by atoms with Gasteiger partial charge in [-0.15, -0.1) is 0 Å². The highest BCUT2D eigenvalue weighted by Crippen LogP contribution is 2.33. The molecule has 3 N–H and O–H groups in total. The molecule has 0 aromatic carbocycles. The lowest BCUT2D eigenvalue weighted by Crippen LogP contribution is -2.34. The third kappa shape index (κ3) is 4.49. The van der Waals surface area contributed by atoms with Crippen LogP contribution in [0.15, 0.2) is 12.7 Å². The van der Waals surface area contributed by atoms with Crippen molar-refractivity contribution in [3.8, 4) is 0 Å². The Bertz CT molecular complexity index is 860. The number of anilines is 1. The van der Waals surface area contributed by atoms with Crippen LogP contribution in [0, 0.1) is 0 Å². The first kappa shape index (κ1) is 21.2. The molecule has 2 saturated heterocycles. The summed E-state index contributed by atoms with van der Waals surface area (Å²) >= 11 is 0. The van der Waals surface area contributed by atoms with Gasteiger partial charge in [0.15, 0.2) is 23.2 Å². The Morgan fingerprint density at radius 2 is 1.93 bits per heavy atom. The standard InChI is InChI=1S/C17H22F3N5O5/c18-17(19,20)6-29-5-10-12(26)13(27)16(30-10)25-8-23-11-14(21-7-22-15(11)25)24-9-1-3-28-4-2-9/h7-10,12-13,16,26-27H,1-6H2,(H,21,22,24)/t10-,12?,13?,16-/m1/s1. The smallest absolute Gasteiger partial charge is 0.387 e. The van der Waals surface area contributed by atoms with E-state index in [1.807, 2.05) is 0 Å². The van der Waals surface area contributed by atoms with E-state index in [9.17, 15) is 23.4 Å². The first-order chi connectivity index (χ1) is 14.3. The molecular formula is C17H22F3N5O5. The predicted molar refractivity (Wildman–Crippen MR) is 95.6 cm³/mol. The van der Waals surface area contributed by atoms with Gasteiger partial charge in [-0.1, -0.05) is 0 Å². The van der Waals surface area contributed by atoms with E-state index in [0.717, 1.165) is 12.8 Å². The van der Waals surface area contributed by atoms with E-state index in [4.69, 9.17) is 9.47 Å². The van der Waals surface area contributed by atoms with Crippen LogP contribution in [0.25, 0.3) is 11.2 Å². The van der Waals surface area contributed by atoms with Crippen molar-refractivity contribution in [3.63, 3.8) is 0 Å². The van der Waals surface area contributed by atoms with Crippen LogP contribution in [0.1, 0.15) is 19.1 Å². The number of aromatic nitrogens is 4. The zero-order valence-electron chi connectivity index (χ0n) is 15.8. The number of nitrogens with one attached hydrogen (secondary N) is 1. The predicted octanol–water partition coefficient (Wildman–Crippen LogP) is 0.615. The van der Waals surface area contributed by atoms with Crippen molar-refractivity contribution in [1.29, 1.82) is 0 Å². The number of ether oxygens (including phenoxy) is 3. The maximum absolute atomic E-state index is 12.3. The number of halogens is 3. The largest absolute Gasteiger partial charge is 0.411 e. The summed E-state index contributed by atoms with van der Waals surface area (Å²) in [6.07, 6.45) is -5.18. The van der Waals surface area contributed by atoms with Gasteiger partial charge >= 0.3 is 6.18 Å². The van der Waals surface area contributed by atoms with Crippen LogP contribution in [0.3, 0.4) is 0 Å². The minimum absolute atomic E-state index is 0.173. The first-order valence-electron chi connectivity index (χ1n) is 9.51. The van der Waals surface area contributed by atoms with Gasteiger partial charge in [-0.05, 0) is 12.8 Å². The number of rotatable bonds is 6. The summed E-state index contributed by atoms with van der Waals surface area (Å²) in [7, 11) is 0. The zero-order valence-corrected chi connectivity index (χ0v) is 15.8. The second-order valence-corrected chi connectivity index (χ2v) is 7.25. The minimum atomic E-state index is -4.49. The molecule has 4 atom stereocenters. The highest BCUT2D eigenvalue weighted by atomic mass is 19.4. The van der Waals surface area contributed by atoms with E-state index >= 15 is 0 Å². The van der Waals surface area contributed by atoms with E-state index in [1.54, 1.807) is 0 Å². The molecule has 2 fully saturated rings. The van der Waals surface area contributed by atoms with E-state index in [0.29, 0.717) is 30.2 Å². The number of hydrogen-bond donors (Lipinski definition) is 3. The highest BCUT2D eigenvalue weighted by molar-refractivity contribution is 5.82. The van der Waals surface area contributed by atoms with Gasteiger partial charge in [-0.2, -0.15) is 13.2 Å². The molecule has 2 aromatic heterocycles. The van der Waals surface area contributed by atoms with Gasteiger partial charge in [0.05, 0.1) is 12.9 Å². The molecule has 4 heterocycles. The van der Waals surface area contributed by atoms with Gasteiger partial charge in [-0.25, -0.2) is 15.0 Å². The average molecular weight is 433 g/mol. The maximum Gasteiger partial charge on any atom is 0.411 e. The van der Waals surface area contributed by atoms with E-state index in [1.165, 1.54) is 17.2 Å². The second kappa shape index (κ2) is 8.59. The van der Waals surface area contributed by atoms with Gasteiger partial charge < -0.3 is 29.7 Å². The summed E-state index contributed by atoms with van der Waals surface area (Å²) in [4.78, 5) is 12.7. The van der Waals surface area contributed by atoms with Gasteiger partial charge in [0.1, 0.15) is 31.2 Å². The summed E-state index contributed by atoms with van der Waals surface area (Å²) in [5.74, 6) is 0.517. The second-order valence-electron chi connectivity index (χ2n) is 7.25. The van der Waals surface area contributed by atoms with Gasteiger partial charge in [0.2, 0.25) is 0 Å². The molecule has 0 bridgehead atoms. The molecule has 2 aliphatic rings. The maximum atomic E-state index is 12.3. The van der Waals surface area contributed by atoms with Crippen LogP contribution in [-0.2, 0) is 14.2 Å². The van der Waals surface area contributed by atoms with Crippen molar-refractivity contribution in [2.75, 3.05) is 31.7 Å². The molecule has 2 aliphatic heterocycles. The Labute approximate surface area is 169 Å². The van der Waals surface area contributed by atoms with Crippen LogP contribution < -0.4 is 5.32 Å². The van der Waals surface area contributed by atoms with Gasteiger partial charge in [-0.3, -0.25) is 4.57 Å². The fourth-order valence-electron chi connectivity index (χ4n) is 3.57. The number of aliphatic hydroxyl groups excluding tert-OH is 2. The minimum Gasteiger partial charge on any atom is -0.387 e. The SMILES string of the molecule is OC1C(O)[C@@H](COCC(F)(F)F)O[C@H]1n1cnc2c(NC3CCOCC3)ncnc21. The molecule has 0 amide bonds. The van der Waals surface area contributed by atoms with Crippen LogP contribution >= 0.6 is 0 Å². The van der Waals surface area contributed by atoms with Crippen LogP contribution in [0.4, 0.5) is 19.0 Å². The van der Waals surface area contributed by atoms with Crippen molar-refractivity contribution in [1.82, 2.24) is 19.5 Å². The lowest BCUT2D eigenvalue weighted by atomic mass is 10.1. The molecule has 13 heteroatoms. The van der Waals surface area contributed by atoms with Gasteiger partial charge in [0, 0.05) is 19.3 Å². The van der Waals surface area contributed by atoms with Crippen LogP contribution in [0.5, 0.6) is 0 Å². The fraction of sp³-hybridized carbons (Fsp3) is 0.706. The summed E-state index contributed by atoms with van der Waals surface area (Å²) < 4.78 is 53.7. The molecule has 0 saturated carbocycles. The molecule has 10 nitrogen and oxygen atoms in total. The number of nitrogens with zero attached hydrogens (tertiary/aromatic N) is 4. The van der Waals surface area contributed by atoms with Crippen molar-refractivity contribution in [2.24, 2.45) is 0 Å². The van der Waals surface area contributed by atoms with Crippen molar-refractivity contribution in [2.45, 2.75) is 49.6 Å². The topological polar surface area (TPSA) is 124 Å². The number of aliphatic hydroxyl groups is 2. The summed E-state index contributed by atoms with van der Waals surface area (Å²) in [6, 6.07) is 0.173. The van der Waals surface area contributed by atoms with Gasteiger partial charge in [0.25, 0.3) is 0 Å². The van der Waals surface area contributed by atoms with Crippen molar-refractivity contribution in [3.05, 3.63) is 12.7 Å². The third-order valence-electron chi connectivity index (χ3n) is 5.08. The monoisotopic (exact) mass is 433 g/mol. The Hall–Kier alpha value is -2.06. The van der Waals surface area contributed by atoms with E-state index in [2.05, 4.69) is 25.0 Å². The molecule has 2 aromatic rings. The third-order valence-corrected chi connectivity index (χ3v) is 5.08. The number of hydrogen-bond acceptors (Lipinski definition) is 9. The molecular weight excluding hydrogens is 411 g/mol. The first-order valence-corrected chi connectivity index (χ1v) is 9.51. The Kier molecular flexibility index (Phi) is 6.06. The zero-order chi connectivity index (χ0) is 21.3. The van der Waals surface area contributed by atoms with Crippen LogP contribution in [0.2, 0.25) is 0 Å². The molecule has 30 heavy (non-hydrogen) atoms. The lowest BCUT2D eigenvalue weighted by molar-refractivity contribution is -0.184. The normalized spacial score (nSPS) is 28.3. The molecule has 0 radical (unpaired) electrons. The molecule has 0 aliphatic carbocycles. The van der Waals surface area contributed by atoms with Crippen molar-refractivity contribution < 1.29 is 37.6 Å². The average Bonchev–Trinajstić information content (AvgIpc) is 3.25. The number of imidazole rings is 1. The van der Waals surface area contributed by atoms with E-state index in [-0.39, 0.29) is 6.04 Å². The summed E-state index contributed by atoms with van der Waals surface area (Å²) in [5, 5.41) is 23.9. The fourth-order valence-corrected chi connectivity index (χ4v) is 3.57. The quantitative estimate of drug-likeness (QED) is 0.601. The molecule has 4 rings (SSSR count). The Balaban J connectivity index is 1.49. The molecule has 166 valence electrons. The summed E-state index contributed by atoms with van der Waals surface area (Å²) in [6.45, 7) is -0.689. The summed E-state index contributed by atoms with van der Waals surface area (Å²) in [5.41, 5.74) is 0.804.